The molecule has 0 bridgehead atoms. The van der Waals surface area contributed by atoms with Gasteiger partial charge in [0.05, 0.1) is 5.02 Å². The number of thiol groups is 1. The van der Waals surface area contributed by atoms with E-state index in [0.29, 0.717) is 18.6 Å². The number of rotatable bonds is 3. The van der Waals surface area contributed by atoms with E-state index >= 15 is 0 Å². The standard InChI is InChI=1S/C9H9ClF2S/c10-7-3-4-8(11)6(9(7)12)2-1-5-13/h3-4,13H,1-2,5H2. The highest BCUT2D eigenvalue weighted by Crippen LogP contribution is 2.22. The Labute approximate surface area is 86.3 Å². The second-order valence-electron chi connectivity index (χ2n) is 2.65. The van der Waals surface area contributed by atoms with Gasteiger partial charge in [-0.25, -0.2) is 8.78 Å². The van der Waals surface area contributed by atoms with Gasteiger partial charge in [-0.1, -0.05) is 11.6 Å². The summed E-state index contributed by atoms with van der Waals surface area (Å²) in [5.41, 5.74) is 0.0570. The van der Waals surface area contributed by atoms with Crippen LogP contribution in [0.5, 0.6) is 0 Å². The zero-order valence-electron chi connectivity index (χ0n) is 6.86. The summed E-state index contributed by atoms with van der Waals surface area (Å²) >= 11 is 9.47. The molecule has 72 valence electrons. The molecule has 1 aromatic carbocycles. The monoisotopic (exact) mass is 222 g/mol. The second kappa shape index (κ2) is 4.82. The smallest absolute Gasteiger partial charge is 0.147 e. The van der Waals surface area contributed by atoms with Crippen LogP contribution in [-0.4, -0.2) is 5.75 Å². The van der Waals surface area contributed by atoms with E-state index in [4.69, 9.17) is 11.6 Å². The van der Waals surface area contributed by atoms with E-state index in [1.807, 2.05) is 0 Å². The second-order valence-corrected chi connectivity index (χ2v) is 3.50. The summed E-state index contributed by atoms with van der Waals surface area (Å²) in [7, 11) is 0. The van der Waals surface area contributed by atoms with E-state index in [2.05, 4.69) is 12.6 Å². The van der Waals surface area contributed by atoms with Crippen LogP contribution in [0.4, 0.5) is 8.78 Å². The van der Waals surface area contributed by atoms with Gasteiger partial charge in [0, 0.05) is 5.56 Å². The van der Waals surface area contributed by atoms with Crippen molar-refractivity contribution in [2.75, 3.05) is 5.75 Å². The molecule has 13 heavy (non-hydrogen) atoms. The Balaban J connectivity index is 2.96. The predicted octanol–water partition coefficient (Wildman–Crippen LogP) is 3.48. The Kier molecular flexibility index (Phi) is 4.00. The lowest BCUT2D eigenvalue weighted by atomic mass is 10.1. The molecular weight excluding hydrogens is 214 g/mol. The first-order valence-corrected chi connectivity index (χ1v) is 4.91. The Morgan fingerprint density at radius 2 is 2.00 bits per heavy atom. The third kappa shape index (κ3) is 2.58. The zero-order valence-corrected chi connectivity index (χ0v) is 8.51. The van der Waals surface area contributed by atoms with E-state index in [1.54, 1.807) is 0 Å². The molecule has 4 heteroatoms. The molecule has 0 saturated carbocycles. The maximum absolute atomic E-state index is 13.2. The molecule has 0 aromatic heterocycles. The van der Waals surface area contributed by atoms with Gasteiger partial charge in [0.2, 0.25) is 0 Å². The molecule has 1 aromatic rings. The molecule has 0 N–H and O–H groups in total. The molecule has 0 saturated heterocycles. The molecule has 0 amide bonds. The van der Waals surface area contributed by atoms with Crippen molar-refractivity contribution in [1.82, 2.24) is 0 Å². The van der Waals surface area contributed by atoms with Crippen molar-refractivity contribution < 1.29 is 8.78 Å². The Morgan fingerprint density at radius 3 is 2.62 bits per heavy atom. The minimum atomic E-state index is -0.650. The Morgan fingerprint density at radius 1 is 1.31 bits per heavy atom. The SMILES string of the molecule is Fc1ccc(Cl)c(F)c1CCCS. The largest absolute Gasteiger partial charge is 0.207 e. The lowest BCUT2D eigenvalue weighted by molar-refractivity contribution is 0.554. The lowest BCUT2D eigenvalue weighted by Crippen LogP contribution is -1.97. The van der Waals surface area contributed by atoms with Gasteiger partial charge >= 0.3 is 0 Å². The van der Waals surface area contributed by atoms with Gasteiger partial charge in [-0.05, 0) is 30.7 Å². The highest BCUT2D eigenvalue weighted by atomic mass is 35.5. The third-order valence-corrected chi connectivity index (χ3v) is 2.33. The quantitative estimate of drug-likeness (QED) is 0.588. The lowest BCUT2D eigenvalue weighted by Gasteiger charge is -2.04. The highest BCUT2D eigenvalue weighted by molar-refractivity contribution is 7.80. The molecule has 0 fully saturated rings. The molecule has 0 aliphatic rings. The molecule has 0 aliphatic heterocycles. The first kappa shape index (κ1) is 10.8. The highest BCUT2D eigenvalue weighted by Gasteiger charge is 2.11. The molecular formula is C9H9ClF2S. The first-order chi connectivity index (χ1) is 6.16. The van der Waals surface area contributed by atoms with Crippen LogP contribution in [0.1, 0.15) is 12.0 Å². The van der Waals surface area contributed by atoms with Crippen molar-refractivity contribution in [1.29, 1.82) is 0 Å². The van der Waals surface area contributed by atoms with Crippen molar-refractivity contribution in [2.45, 2.75) is 12.8 Å². The summed E-state index contributed by atoms with van der Waals surface area (Å²) < 4.78 is 26.2. The topological polar surface area (TPSA) is 0 Å². The van der Waals surface area contributed by atoms with E-state index in [-0.39, 0.29) is 10.6 Å². The maximum Gasteiger partial charge on any atom is 0.147 e. The number of halogens is 3. The molecule has 0 nitrogen and oxygen atoms in total. The minimum Gasteiger partial charge on any atom is -0.207 e. The van der Waals surface area contributed by atoms with Crippen LogP contribution in [0.15, 0.2) is 12.1 Å². The summed E-state index contributed by atoms with van der Waals surface area (Å²) in [6.07, 6.45) is 0.971. The van der Waals surface area contributed by atoms with E-state index in [1.165, 1.54) is 12.1 Å². The fourth-order valence-electron chi connectivity index (χ4n) is 1.05. The van der Waals surface area contributed by atoms with Gasteiger partial charge in [-0.3, -0.25) is 0 Å². The molecule has 0 unspecified atom stereocenters. The molecule has 0 radical (unpaired) electrons. The van der Waals surface area contributed by atoms with Crippen molar-refractivity contribution >= 4 is 24.2 Å². The summed E-state index contributed by atoms with van der Waals surface area (Å²) in [6.45, 7) is 0. The summed E-state index contributed by atoms with van der Waals surface area (Å²) in [5, 5.41) is -0.0319. The van der Waals surface area contributed by atoms with Crippen molar-refractivity contribution in [3.63, 3.8) is 0 Å². The van der Waals surface area contributed by atoms with Gasteiger partial charge < -0.3 is 0 Å². The number of hydrogen-bond acceptors (Lipinski definition) is 1. The van der Waals surface area contributed by atoms with Gasteiger partial charge in [-0.2, -0.15) is 12.6 Å². The van der Waals surface area contributed by atoms with Crippen LogP contribution in [0.25, 0.3) is 0 Å². The zero-order chi connectivity index (χ0) is 9.84. The normalized spacial score (nSPS) is 10.5. The minimum absolute atomic E-state index is 0.0319. The average molecular weight is 223 g/mol. The number of hydrogen-bond donors (Lipinski definition) is 1. The van der Waals surface area contributed by atoms with Crippen molar-refractivity contribution in [2.24, 2.45) is 0 Å². The van der Waals surface area contributed by atoms with Crippen molar-refractivity contribution in [3.8, 4) is 0 Å². The van der Waals surface area contributed by atoms with Crippen LogP contribution in [0, 0.1) is 11.6 Å². The predicted molar refractivity (Wildman–Crippen MR) is 53.5 cm³/mol. The van der Waals surface area contributed by atoms with Gasteiger partial charge in [0.15, 0.2) is 0 Å². The molecule has 0 heterocycles. The average Bonchev–Trinajstić information content (AvgIpc) is 2.12. The summed E-state index contributed by atoms with van der Waals surface area (Å²) in [6, 6.07) is 2.40. The van der Waals surface area contributed by atoms with Crippen LogP contribution in [0.2, 0.25) is 5.02 Å². The fourth-order valence-corrected chi connectivity index (χ4v) is 1.39. The van der Waals surface area contributed by atoms with E-state index in [0.717, 1.165) is 0 Å². The van der Waals surface area contributed by atoms with E-state index < -0.39 is 11.6 Å². The van der Waals surface area contributed by atoms with Gasteiger partial charge in [0.1, 0.15) is 11.6 Å². The van der Waals surface area contributed by atoms with E-state index in [9.17, 15) is 8.78 Å². The molecule has 1 rings (SSSR count). The van der Waals surface area contributed by atoms with Gasteiger partial charge in [0.25, 0.3) is 0 Å². The third-order valence-electron chi connectivity index (χ3n) is 1.72. The Hall–Kier alpha value is -0.280. The first-order valence-electron chi connectivity index (χ1n) is 3.90. The summed E-state index contributed by atoms with van der Waals surface area (Å²) in [5.74, 6) is -0.585. The van der Waals surface area contributed by atoms with Crippen LogP contribution in [0.3, 0.4) is 0 Å². The molecule has 0 atom stereocenters. The maximum atomic E-state index is 13.2. The van der Waals surface area contributed by atoms with Crippen LogP contribution in [-0.2, 0) is 6.42 Å². The summed E-state index contributed by atoms with van der Waals surface area (Å²) in [4.78, 5) is 0. The molecule has 0 aliphatic carbocycles. The fraction of sp³-hybridized carbons (Fsp3) is 0.333. The van der Waals surface area contributed by atoms with Gasteiger partial charge in [-0.15, -0.1) is 0 Å². The van der Waals surface area contributed by atoms with Crippen LogP contribution >= 0.6 is 24.2 Å². The van der Waals surface area contributed by atoms with Crippen molar-refractivity contribution in [3.05, 3.63) is 34.4 Å². The molecule has 0 spiro atoms. The van der Waals surface area contributed by atoms with Crippen LogP contribution < -0.4 is 0 Å². The Bertz CT molecular complexity index is 302. The number of benzene rings is 1.